The SMILES string of the molecule is CCn1c(=O)c2c3c(sc2n2c(SCc4ccc(C)cc4)nnc12)CN(Cc1ccccc1)CC3. The van der Waals surface area contributed by atoms with E-state index in [1.165, 1.54) is 27.1 Å². The molecule has 2 aromatic carbocycles. The van der Waals surface area contributed by atoms with Crippen LogP contribution in [0.3, 0.4) is 0 Å². The van der Waals surface area contributed by atoms with Gasteiger partial charge in [0, 0.05) is 36.8 Å². The van der Waals surface area contributed by atoms with Gasteiger partial charge in [0.2, 0.25) is 5.78 Å². The molecule has 178 valence electrons. The lowest BCUT2D eigenvalue weighted by Gasteiger charge is -2.26. The second kappa shape index (κ2) is 9.26. The molecule has 8 heteroatoms. The van der Waals surface area contributed by atoms with Gasteiger partial charge in [-0.15, -0.1) is 21.5 Å². The molecule has 6 rings (SSSR count). The summed E-state index contributed by atoms with van der Waals surface area (Å²) >= 11 is 3.41. The molecule has 0 atom stereocenters. The van der Waals surface area contributed by atoms with Gasteiger partial charge in [0.05, 0.1) is 5.39 Å². The number of aryl methyl sites for hydroxylation is 2. The molecule has 0 spiro atoms. The lowest BCUT2D eigenvalue weighted by molar-refractivity contribution is 0.249. The van der Waals surface area contributed by atoms with Gasteiger partial charge < -0.3 is 0 Å². The van der Waals surface area contributed by atoms with E-state index in [9.17, 15) is 4.79 Å². The number of thiophene rings is 1. The molecule has 0 amide bonds. The Labute approximate surface area is 212 Å². The third-order valence-electron chi connectivity index (χ3n) is 6.69. The number of thioether (sulfide) groups is 1. The first-order valence-corrected chi connectivity index (χ1v) is 13.8. The molecule has 0 fully saturated rings. The number of hydrogen-bond donors (Lipinski definition) is 0. The van der Waals surface area contributed by atoms with Crippen molar-refractivity contribution in [1.29, 1.82) is 0 Å². The van der Waals surface area contributed by atoms with Gasteiger partial charge >= 0.3 is 0 Å². The van der Waals surface area contributed by atoms with E-state index in [1.807, 2.05) is 6.92 Å². The number of benzene rings is 2. The fourth-order valence-electron chi connectivity index (χ4n) is 4.85. The minimum atomic E-state index is 0.0616. The highest BCUT2D eigenvalue weighted by Gasteiger charge is 2.27. The molecule has 0 saturated heterocycles. The molecule has 0 radical (unpaired) electrons. The van der Waals surface area contributed by atoms with Gasteiger partial charge in [-0.1, -0.05) is 71.9 Å². The summed E-state index contributed by atoms with van der Waals surface area (Å²) in [7, 11) is 0. The van der Waals surface area contributed by atoms with Gasteiger partial charge in [-0.3, -0.25) is 14.3 Å². The number of aromatic nitrogens is 4. The van der Waals surface area contributed by atoms with Gasteiger partial charge in [0.15, 0.2) is 5.16 Å². The number of nitrogens with zero attached hydrogens (tertiary/aromatic N) is 5. The Hall–Kier alpha value is -2.94. The predicted molar refractivity (Wildman–Crippen MR) is 143 cm³/mol. The molecule has 0 saturated carbocycles. The predicted octanol–water partition coefficient (Wildman–Crippen LogP) is 5.28. The third-order valence-corrected chi connectivity index (χ3v) is 8.89. The molecule has 1 aliphatic heterocycles. The number of hydrogen-bond acceptors (Lipinski definition) is 6. The van der Waals surface area contributed by atoms with Crippen molar-refractivity contribution in [3.05, 3.63) is 92.1 Å². The first kappa shape index (κ1) is 22.5. The largest absolute Gasteiger partial charge is 0.294 e. The minimum absolute atomic E-state index is 0.0616. The first-order valence-electron chi connectivity index (χ1n) is 12.0. The van der Waals surface area contributed by atoms with E-state index in [-0.39, 0.29) is 5.56 Å². The molecule has 35 heavy (non-hydrogen) atoms. The molecule has 0 bridgehead atoms. The lowest BCUT2D eigenvalue weighted by atomic mass is 10.0. The molecular weight excluding hydrogens is 474 g/mol. The van der Waals surface area contributed by atoms with Crippen molar-refractivity contribution in [2.75, 3.05) is 6.54 Å². The average molecular weight is 502 g/mol. The van der Waals surface area contributed by atoms with Gasteiger partial charge in [-0.2, -0.15) is 0 Å². The zero-order valence-electron chi connectivity index (χ0n) is 19.9. The highest BCUT2D eigenvalue weighted by molar-refractivity contribution is 7.98. The second-order valence-corrected chi connectivity index (χ2v) is 11.1. The fraction of sp³-hybridized carbons (Fsp3) is 0.296. The Morgan fingerprint density at radius 1 is 1.03 bits per heavy atom. The topological polar surface area (TPSA) is 55.4 Å². The third kappa shape index (κ3) is 4.09. The van der Waals surface area contributed by atoms with Crippen molar-refractivity contribution in [2.45, 2.75) is 50.8 Å². The van der Waals surface area contributed by atoms with Gasteiger partial charge in [0.25, 0.3) is 5.56 Å². The summed E-state index contributed by atoms with van der Waals surface area (Å²) in [6.07, 6.45) is 0.889. The van der Waals surface area contributed by atoms with Crippen molar-refractivity contribution in [3.8, 4) is 0 Å². The van der Waals surface area contributed by atoms with Crippen LogP contribution in [0.2, 0.25) is 0 Å². The maximum absolute atomic E-state index is 13.6. The van der Waals surface area contributed by atoms with Crippen LogP contribution in [-0.2, 0) is 31.8 Å². The molecule has 1 aliphatic rings. The molecule has 0 N–H and O–H groups in total. The minimum Gasteiger partial charge on any atom is -0.294 e. The monoisotopic (exact) mass is 501 g/mol. The van der Waals surface area contributed by atoms with Crippen molar-refractivity contribution in [3.63, 3.8) is 0 Å². The quantitative estimate of drug-likeness (QED) is 0.296. The van der Waals surface area contributed by atoms with Crippen LogP contribution in [0.4, 0.5) is 0 Å². The highest BCUT2D eigenvalue weighted by atomic mass is 32.2. The Morgan fingerprint density at radius 2 is 1.83 bits per heavy atom. The van der Waals surface area contributed by atoms with Gasteiger partial charge in [-0.05, 0) is 37.0 Å². The number of fused-ring (bicyclic) bond motifs is 5. The van der Waals surface area contributed by atoms with Crippen molar-refractivity contribution < 1.29 is 0 Å². The summed E-state index contributed by atoms with van der Waals surface area (Å²) in [6.45, 7) is 7.42. The van der Waals surface area contributed by atoms with Crippen LogP contribution < -0.4 is 5.56 Å². The zero-order valence-corrected chi connectivity index (χ0v) is 21.5. The van der Waals surface area contributed by atoms with E-state index in [1.54, 1.807) is 27.7 Å². The van der Waals surface area contributed by atoms with E-state index in [4.69, 9.17) is 0 Å². The van der Waals surface area contributed by atoms with Crippen LogP contribution in [0, 0.1) is 6.92 Å². The van der Waals surface area contributed by atoms with Crippen LogP contribution in [0.1, 0.15) is 34.1 Å². The molecule has 5 aromatic rings. The Balaban J connectivity index is 1.40. The van der Waals surface area contributed by atoms with E-state index in [0.717, 1.165) is 47.2 Å². The fourth-order valence-corrected chi connectivity index (χ4v) is 7.17. The Kier molecular flexibility index (Phi) is 5.96. The van der Waals surface area contributed by atoms with E-state index < -0.39 is 0 Å². The molecule has 3 aromatic heterocycles. The smallest absolute Gasteiger partial charge is 0.263 e. The Bertz CT molecular complexity index is 1570. The first-order chi connectivity index (χ1) is 17.1. The van der Waals surface area contributed by atoms with Crippen LogP contribution in [0.5, 0.6) is 0 Å². The maximum atomic E-state index is 13.6. The van der Waals surface area contributed by atoms with Crippen molar-refractivity contribution in [1.82, 2.24) is 24.1 Å². The van der Waals surface area contributed by atoms with Crippen molar-refractivity contribution in [2.24, 2.45) is 0 Å². The van der Waals surface area contributed by atoms with Gasteiger partial charge in [-0.25, -0.2) is 4.40 Å². The van der Waals surface area contributed by atoms with Gasteiger partial charge in [0.1, 0.15) is 4.83 Å². The second-order valence-electron chi connectivity index (χ2n) is 9.07. The summed E-state index contributed by atoms with van der Waals surface area (Å²) in [6, 6.07) is 19.2. The van der Waals surface area contributed by atoms with E-state index in [0.29, 0.717) is 12.3 Å². The van der Waals surface area contributed by atoms with Crippen LogP contribution in [0.25, 0.3) is 16.0 Å². The molecule has 6 nitrogen and oxygen atoms in total. The summed E-state index contributed by atoms with van der Waals surface area (Å²) in [4.78, 5) is 18.3. The van der Waals surface area contributed by atoms with Crippen LogP contribution >= 0.6 is 23.1 Å². The molecule has 0 unspecified atom stereocenters. The summed E-state index contributed by atoms with van der Waals surface area (Å²) in [5, 5.41) is 10.7. The molecule has 4 heterocycles. The number of rotatable bonds is 6. The maximum Gasteiger partial charge on any atom is 0.263 e. The average Bonchev–Trinajstić information content (AvgIpc) is 3.46. The highest BCUT2D eigenvalue weighted by Crippen LogP contribution is 2.36. The summed E-state index contributed by atoms with van der Waals surface area (Å²) < 4.78 is 3.89. The lowest BCUT2D eigenvalue weighted by Crippen LogP contribution is -2.30. The van der Waals surface area contributed by atoms with Crippen LogP contribution in [0.15, 0.2) is 64.5 Å². The van der Waals surface area contributed by atoms with E-state index in [2.05, 4.69) is 81.0 Å². The van der Waals surface area contributed by atoms with Crippen molar-refractivity contribution >= 4 is 39.1 Å². The summed E-state index contributed by atoms with van der Waals surface area (Å²) in [5.41, 5.74) is 5.10. The summed E-state index contributed by atoms with van der Waals surface area (Å²) in [5.74, 6) is 1.44. The van der Waals surface area contributed by atoms with E-state index >= 15 is 0 Å². The molecular formula is C27H27N5OS2. The Morgan fingerprint density at radius 3 is 2.60 bits per heavy atom. The van der Waals surface area contributed by atoms with Crippen LogP contribution in [-0.4, -0.2) is 30.6 Å². The standard InChI is InChI=1S/C27H27N5OS2/c1-3-31-24(33)23-21-13-14-30(15-19-7-5-4-6-8-19)16-22(21)35-25(23)32-26(31)28-29-27(32)34-17-20-11-9-18(2)10-12-20/h4-12H,3,13-17H2,1-2H3. The molecule has 0 aliphatic carbocycles. The zero-order chi connectivity index (χ0) is 23.9. The normalized spacial score (nSPS) is 14.1.